The summed E-state index contributed by atoms with van der Waals surface area (Å²) in [6, 6.07) is 1.42. The van der Waals surface area contributed by atoms with Crippen LogP contribution >= 0.6 is 0 Å². The Hall–Kier alpha value is -2.45. The van der Waals surface area contributed by atoms with Crippen molar-refractivity contribution in [1.82, 2.24) is 24.4 Å². The molecule has 8 nitrogen and oxygen atoms in total. The normalized spacial score (nSPS) is 11.3. The molecule has 0 saturated carbocycles. The highest BCUT2D eigenvalue weighted by molar-refractivity contribution is 5.56. The van der Waals surface area contributed by atoms with Gasteiger partial charge in [0.25, 0.3) is 5.56 Å². The summed E-state index contributed by atoms with van der Waals surface area (Å²) in [6.07, 6.45) is 6.82. The molecule has 0 aliphatic heterocycles. The molecule has 1 N–H and O–H groups in total. The molecular formula is C13H15N5O3. The van der Waals surface area contributed by atoms with E-state index >= 15 is 0 Å². The Kier molecular flexibility index (Phi) is 3.80. The molecule has 3 aromatic heterocycles. The van der Waals surface area contributed by atoms with Crippen molar-refractivity contribution in [3.63, 3.8) is 0 Å². The molecule has 0 unspecified atom stereocenters. The van der Waals surface area contributed by atoms with E-state index in [-0.39, 0.29) is 5.56 Å². The van der Waals surface area contributed by atoms with Crippen LogP contribution in [0.15, 0.2) is 35.6 Å². The van der Waals surface area contributed by atoms with Gasteiger partial charge in [-0.05, 0) is 0 Å². The second kappa shape index (κ2) is 5.90. The van der Waals surface area contributed by atoms with Gasteiger partial charge >= 0.3 is 0 Å². The van der Waals surface area contributed by atoms with Gasteiger partial charge in [0, 0.05) is 31.1 Å². The van der Waals surface area contributed by atoms with Crippen LogP contribution in [0.4, 0.5) is 0 Å². The first-order valence-corrected chi connectivity index (χ1v) is 6.45. The van der Waals surface area contributed by atoms with E-state index in [9.17, 15) is 4.79 Å². The van der Waals surface area contributed by atoms with E-state index in [1.807, 2.05) is 6.20 Å². The second-order valence-corrected chi connectivity index (χ2v) is 4.47. The fourth-order valence-electron chi connectivity index (χ4n) is 1.95. The minimum absolute atomic E-state index is 0.181. The van der Waals surface area contributed by atoms with E-state index in [1.165, 1.54) is 6.07 Å². The van der Waals surface area contributed by atoms with Crippen molar-refractivity contribution in [3.05, 3.63) is 46.8 Å². The van der Waals surface area contributed by atoms with Crippen molar-refractivity contribution in [1.29, 1.82) is 0 Å². The van der Waals surface area contributed by atoms with E-state index in [0.29, 0.717) is 31.2 Å². The Morgan fingerprint density at radius 2 is 2.19 bits per heavy atom. The largest absolute Gasteiger partial charge is 0.382 e. The fourth-order valence-corrected chi connectivity index (χ4v) is 1.95. The molecule has 0 saturated heterocycles. The molecule has 110 valence electrons. The number of aromatic amines is 1. The molecule has 3 rings (SSSR count). The van der Waals surface area contributed by atoms with Gasteiger partial charge in [-0.15, -0.1) is 0 Å². The number of hydrogen-bond acceptors (Lipinski definition) is 5. The summed E-state index contributed by atoms with van der Waals surface area (Å²) in [4.78, 5) is 14.2. The average Bonchev–Trinajstić information content (AvgIpc) is 3.09. The molecule has 0 spiro atoms. The lowest BCUT2D eigenvalue weighted by molar-refractivity contribution is 0.0616. The van der Waals surface area contributed by atoms with Crippen LogP contribution in [0.3, 0.4) is 0 Å². The topological polar surface area (TPSA) is 86.4 Å². The van der Waals surface area contributed by atoms with Gasteiger partial charge in [0.2, 0.25) is 0 Å². The van der Waals surface area contributed by atoms with Crippen LogP contribution < -0.4 is 5.56 Å². The van der Waals surface area contributed by atoms with Gasteiger partial charge in [0.1, 0.15) is 5.69 Å². The summed E-state index contributed by atoms with van der Waals surface area (Å²) in [7, 11) is 1.63. The number of aromatic nitrogens is 5. The third-order valence-electron chi connectivity index (χ3n) is 2.97. The number of H-pyrrole nitrogens is 1. The summed E-state index contributed by atoms with van der Waals surface area (Å²) >= 11 is 0. The van der Waals surface area contributed by atoms with Gasteiger partial charge in [-0.3, -0.25) is 4.79 Å². The molecule has 0 fully saturated rings. The molecule has 3 aromatic rings. The number of methoxy groups -OCH3 is 1. The Morgan fingerprint density at radius 1 is 1.29 bits per heavy atom. The first-order valence-electron chi connectivity index (χ1n) is 6.45. The lowest BCUT2D eigenvalue weighted by atomic mass is 10.4. The van der Waals surface area contributed by atoms with Crippen molar-refractivity contribution in [2.45, 2.75) is 6.61 Å². The summed E-state index contributed by atoms with van der Waals surface area (Å²) in [5.74, 6) is 0. The Labute approximate surface area is 119 Å². The predicted molar refractivity (Wildman–Crippen MR) is 74.5 cm³/mol. The Balaban J connectivity index is 1.81. The van der Waals surface area contributed by atoms with Crippen LogP contribution in [-0.4, -0.2) is 44.7 Å². The average molecular weight is 289 g/mol. The third kappa shape index (κ3) is 2.86. The SMILES string of the molecule is COCCOCc1cnn(-c2cnn3ccc(=O)[nH]c23)c1. The van der Waals surface area contributed by atoms with Crippen LogP contribution in [-0.2, 0) is 16.1 Å². The molecular weight excluding hydrogens is 274 g/mol. The van der Waals surface area contributed by atoms with Crippen LogP contribution in [0.25, 0.3) is 11.3 Å². The van der Waals surface area contributed by atoms with E-state index in [4.69, 9.17) is 9.47 Å². The fraction of sp³-hybridized carbons (Fsp3) is 0.308. The van der Waals surface area contributed by atoms with Crippen LogP contribution in [0.5, 0.6) is 0 Å². The van der Waals surface area contributed by atoms with Gasteiger partial charge in [-0.2, -0.15) is 10.2 Å². The first kappa shape index (κ1) is 13.5. The molecule has 0 aromatic carbocycles. The number of ether oxygens (including phenoxy) is 2. The molecule has 0 atom stereocenters. The zero-order valence-electron chi connectivity index (χ0n) is 11.5. The zero-order valence-corrected chi connectivity index (χ0v) is 11.5. The minimum atomic E-state index is -0.181. The summed E-state index contributed by atoms with van der Waals surface area (Å²) in [5, 5.41) is 8.44. The van der Waals surface area contributed by atoms with E-state index in [0.717, 1.165) is 5.56 Å². The molecule has 3 heterocycles. The summed E-state index contributed by atoms with van der Waals surface area (Å²) < 4.78 is 13.6. The Morgan fingerprint density at radius 3 is 3.05 bits per heavy atom. The van der Waals surface area contributed by atoms with Crippen molar-refractivity contribution in [2.75, 3.05) is 20.3 Å². The molecule has 0 aliphatic rings. The smallest absolute Gasteiger partial charge is 0.251 e. The molecule has 0 bridgehead atoms. The molecule has 0 radical (unpaired) electrons. The highest BCUT2D eigenvalue weighted by Crippen LogP contribution is 2.12. The number of rotatable bonds is 6. The number of nitrogens with one attached hydrogen (secondary N) is 1. The molecule has 8 heteroatoms. The van der Waals surface area contributed by atoms with Gasteiger partial charge in [-0.25, -0.2) is 9.20 Å². The number of hydrogen-bond donors (Lipinski definition) is 1. The number of fused-ring (bicyclic) bond motifs is 1. The minimum Gasteiger partial charge on any atom is -0.382 e. The van der Waals surface area contributed by atoms with Gasteiger partial charge < -0.3 is 14.5 Å². The third-order valence-corrected chi connectivity index (χ3v) is 2.97. The molecule has 0 aliphatic carbocycles. The lowest BCUT2D eigenvalue weighted by Gasteiger charge is -2.00. The van der Waals surface area contributed by atoms with Gasteiger partial charge in [0.15, 0.2) is 5.65 Å². The van der Waals surface area contributed by atoms with Crippen molar-refractivity contribution < 1.29 is 9.47 Å². The maximum Gasteiger partial charge on any atom is 0.251 e. The highest BCUT2D eigenvalue weighted by Gasteiger charge is 2.08. The van der Waals surface area contributed by atoms with Crippen molar-refractivity contribution >= 4 is 5.65 Å². The van der Waals surface area contributed by atoms with Crippen LogP contribution in [0.1, 0.15) is 5.56 Å². The highest BCUT2D eigenvalue weighted by atomic mass is 16.5. The van der Waals surface area contributed by atoms with E-state index in [2.05, 4.69) is 15.2 Å². The second-order valence-electron chi connectivity index (χ2n) is 4.47. The standard InChI is InChI=1S/C13H15N5O3/c1-20-4-5-21-9-10-6-14-18(8-10)11-7-15-17-3-2-12(19)16-13(11)17/h2-3,6-8H,4-5,9H2,1H3,(H,16,19). The van der Waals surface area contributed by atoms with E-state index < -0.39 is 0 Å². The monoisotopic (exact) mass is 289 g/mol. The van der Waals surface area contributed by atoms with Crippen LogP contribution in [0.2, 0.25) is 0 Å². The van der Waals surface area contributed by atoms with Crippen molar-refractivity contribution in [3.8, 4) is 5.69 Å². The molecule has 0 amide bonds. The lowest BCUT2D eigenvalue weighted by Crippen LogP contribution is -2.07. The van der Waals surface area contributed by atoms with Crippen molar-refractivity contribution in [2.24, 2.45) is 0 Å². The number of nitrogens with zero attached hydrogens (tertiary/aromatic N) is 4. The van der Waals surface area contributed by atoms with Crippen LogP contribution in [0, 0.1) is 0 Å². The Bertz CT molecular complexity index is 788. The maximum absolute atomic E-state index is 11.4. The zero-order chi connectivity index (χ0) is 14.7. The van der Waals surface area contributed by atoms with Gasteiger partial charge in [0.05, 0.1) is 32.2 Å². The summed E-state index contributed by atoms with van der Waals surface area (Å²) in [5.41, 5.74) is 2.05. The van der Waals surface area contributed by atoms with Gasteiger partial charge in [-0.1, -0.05) is 0 Å². The maximum atomic E-state index is 11.4. The quantitative estimate of drug-likeness (QED) is 0.663. The molecule has 21 heavy (non-hydrogen) atoms. The first-order chi connectivity index (χ1) is 10.3. The van der Waals surface area contributed by atoms with E-state index in [1.54, 1.807) is 34.9 Å². The predicted octanol–water partition coefficient (Wildman–Crippen LogP) is 0.371. The summed E-state index contributed by atoms with van der Waals surface area (Å²) in [6.45, 7) is 1.55.